The van der Waals surface area contributed by atoms with Crippen molar-refractivity contribution < 1.29 is 23.5 Å². The fraction of sp³-hybridized carbons (Fsp3) is 0.744. The normalized spacial score (nSPS) is 45.0. The van der Waals surface area contributed by atoms with Crippen LogP contribution >= 0.6 is 0 Å². The van der Waals surface area contributed by atoms with Gasteiger partial charge in [0.2, 0.25) is 5.91 Å². The Morgan fingerprint density at radius 1 is 1.11 bits per heavy atom. The van der Waals surface area contributed by atoms with Gasteiger partial charge in [-0.2, -0.15) is 0 Å². The van der Waals surface area contributed by atoms with E-state index in [1.165, 1.54) is 0 Å². The zero-order valence-corrected chi connectivity index (χ0v) is 28.8. The fourth-order valence-electron chi connectivity index (χ4n) is 12.3. The van der Waals surface area contributed by atoms with Crippen LogP contribution < -0.4 is 10.1 Å². The Labute approximate surface area is 270 Å². The van der Waals surface area contributed by atoms with Crippen molar-refractivity contribution in [2.24, 2.45) is 51.2 Å². The molecule has 1 heterocycles. The highest BCUT2D eigenvalue weighted by molar-refractivity contribution is 5.82. The summed E-state index contributed by atoms with van der Waals surface area (Å²) in [6.45, 7) is 18.6. The molecule has 45 heavy (non-hydrogen) atoms. The molecule has 1 aromatic carbocycles. The monoisotopic (exact) mass is 621 g/mol. The standard InChI is InChI=1S/C39H56FNO4/c1-24(2)28-14-18-36(6)30(35(28,5)17-15-32(42)41-22-16-27-11-9-10-12-29(27)44-8)23-31(40)39-33-26(4)25(3)13-19-38(33,34(43)45-39)21-20-37(36,39)7/h9-12,25-26,28,30-31,33H,1,13-23H2,2-8H3,(H,41,42)/t25-,26+,28+,30-,31-,33-,35+,36-,37+,38+,39?/m1/s1. The van der Waals surface area contributed by atoms with E-state index in [1.54, 1.807) is 7.11 Å². The number of hydrogen-bond acceptors (Lipinski definition) is 4. The molecule has 1 amide bonds. The van der Waals surface area contributed by atoms with Crippen LogP contribution in [0.25, 0.3) is 0 Å². The number of carbonyl (C=O) groups is 2. The molecule has 0 radical (unpaired) electrons. The Bertz CT molecular complexity index is 1360. The van der Waals surface area contributed by atoms with E-state index in [1.807, 2.05) is 24.3 Å². The van der Waals surface area contributed by atoms with Gasteiger partial charge in [0.05, 0.1) is 12.5 Å². The number of benzene rings is 1. The zero-order chi connectivity index (χ0) is 32.6. The Kier molecular flexibility index (Phi) is 8.04. The summed E-state index contributed by atoms with van der Waals surface area (Å²) in [5.74, 6) is 1.61. The van der Waals surface area contributed by atoms with E-state index < -0.39 is 22.6 Å². The number of esters is 1. The second kappa shape index (κ2) is 11.1. The molecule has 1 unspecified atom stereocenters. The van der Waals surface area contributed by atoms with Crippen LogP contribution in [0.2, 0.25) is 0 Å². The molecule has 2 bridgehead atoms. The maximum absolute atomic E-state index is 17.5. The van der Waals surface area contributed by atoms with Crippen molar-refractivity contribution in [2.75, 3.05) is 13.7 Å². The zero-order valence-electron chi connectivity index (χ0n) is 28.8. The number of hydrogen-bond donors (Lipinski definition) is 1. The van der Waals surface area contributed by atoms with Crippen molar-refractivity contribution in [1.82, 2.24) is 5.32 Å². The first-order valence-electron chi connectivity index (χ1n) is 17.6. The minimum atomic E-state index is -1.22. The number of ether oxygens (including phenoxy) is 2. The predicted molar refractivity (Wildman–Crippen MR) is 175 cm³/mol. The van der Waals surface area contributed by atoms with Gasteiger partial charge in [-0.15, -0.1) is 0 Å². The van der Waals surface area contributed by atoms with Crippen LogP contribution in [0, 0.1) is 51.2 Å². The smallest absolute Gasteiger partial charge is 0.313 e. The van der Waals surface area contributed by atoms with Crippen LogP contribution in [0.5, 0.6) is 5.75 Å². The number of rotatable bonds is 8. The second-order valence-corrected chi connectivity index (χ2v) is 16.6. The molecule has 0 aromatic heterocycles. The summed E-state index contributed by atoms with van der Waals surface area (Å²) in [5.41, 5.74) is -0.409. The third-order valence-electron chi connectivity index (χ3n) is 15.0. The number of nitrogens with one attached hydrogen (secondary N) is 1. The highest BCUT2D eigenvalue weighted by Gasteiger charge is 2.83. The van der Waals surface area contributed by atoms with Crippen molar-refractivity contribution in [3.8, 4) is 5.75 Å². The number of fused-ring (bicyclic) bond motifs is 2. The van der Waals surface area contributed by atoms with Crippen molar-refractivity contribution in [1.29, 1.82) is 0 Å². The van der Waals surface area contributed by atoms with E-state index >= 15 is 4.39 Å². The topological polar surface area (TPSA) is 64.6 Å². The maximum Gasteiger partial charge on any atom is 0.313 e. The largest absolute Gasteiger partial charge is 0.496 e. The van der Waals surface area contributed by atoms with Gasteiger partial charge in [0.25, 0.3) is 0 Å². The molecule has 1 N–H and O–H groups in total. The van der Waals surface area contributed by atoms with Gasteiger partial charge < -0.3 is 14.8 Å². The molecular formula is C39H56FNO4. The summed E-state index contributed by atoms with van der Waals surface area (Å²) < 4.78 is 29.6. The average molecular weight is 622 g/mol. The second-order valence-electron chi connectivity index (χ2n) is 16.6. The molecule has 11 atom stereocenters. The lowest BCUT2D eigenvalue weighted by atomic mass is 9.31. The van der Waals surface area contributed by atoms with Crippen LogP contribution in [-0.2, 0) is 20.7 Å². The minimum absolute atomic E-state index is 0.0337. The van der Waals surface area contributed by atoms with Gasteiger partial charge >= 0.3 is 5.97 Å². The Morgan fingerprint density at radius 3 is 2.56 bits per heavy atom. The molecular weight excluding hydrogens is 565 g/mol. The maximum atomic E-state index is 17.5. The lowest BCUT2D eigenvalue weighted by molar-refractivity contribution is -0.297. The summed E-state index contributed by atoms with van der Waals surface area (Å²) in [6.07, 6.45) is 6.32. The van der Waals surface area contributed by atoms with E-state index in [9.17, 15) is 9.59 Å². The molecule has 6 rings (SSSR count). The van der Waals surface area contributed by atoms with Gasteiger partial charge in [-0.3, -0.25) is 9.59 Å². The number of methoxy groups -OCH3 is 1. The Hall–Kier alpha value is -2.37. The summed E-state index contributed by atoms with van der Waals surface area (Å²) in [7, 11) is 1.67. The van der Waals surface area contributed by atoms with Gasteiger partial charge in [0.15, 0.2) is 5.60 Å². The molecule has 1 saturated heterocycles. The first-order valence-corrected chi connectivity index (χ1v) is 17.6. The van der Waals surface area contributed by atoms with Gasteiger partial charge in [0, 0.05) is 24.3 Å². The predicted octanol–water partition coefficient (Wildman–Crippen LogP) is 8.26. The molecule has 5 fully saturated rings. The minimum Gasteiger partial charge on any atom is -0.496 e. The number of halogens is 1. The van der Waals surface area contributed by atoms with Crippen LogP contribution in [0.3, 0.4) is 0 Å². The molecule has 1 spiro atoms. The Balaban J connectivity index is 1.27. The average Bonchev–Trinajstić information content (AvgIpc) is 3.22. The quantitative estimate of drug-likeness (QED) is 0.235. The van der Waals surface area contributed by atoms with E-state index in [-0.39, 0.29) is 46.4 Å². The third kappa shape index (κ3) is 4.35. The van der Waals surface area contributed by atoms with Crippen molar-refractivity contribution in [2.45, 2.75) is 118 Å². The third-order valence-corrected chi connectivity index (χ3v) is 15.0. The van der Waals surface area contributed by atoms with E-state index in [0.29, 0.717) is 38.1 Å². The Morgan fingerprint density at radius 2 is 1.84 bits per heavy atom. The summed E-state index contributed by atoms with van der Waals surface area (Å²) >= 11 is 0. The highest BCUT2D eigenvalue weighted by atomic mass is 19.1. The first kappa shape index (κ1) is 32.6. The van der Waals surface area contributed by atoms with Crippen LogP contribution in [-0.4, -0.2) is 37.3 Å². The SMILES string of the molecule is C=C(C)[C@@H]1CC[C@]2(C)[C@H](C[C@@H](F)C34OC(=O)[C@@]5(CC[C@@H](C)[C@H](C)[C@@H]35)CC[C@]42C)[C@@]1(C)CCC(=O)NCCc1ccccc1OC. The van der Waals surface area contributed by atoms with Crippen molar-refractivity contribution in [3.05, 3.63) is 42.0 Å². The van der Waals surface area contributed by atoms with Gasteiger partial charge in [-0.1, -0.05) is 65.0 Å². The van der Waals surface area contributed by atoms with E-state index in [2.05, 4.69) is 53.4 Å². The molecule has 1 aromatic rings. The van der Waals surface area contributed by atoms with Crippen molar-refractivity contribution in [3.63, 3.8) is 0 Å². The van der Waals surface area contributed by atoms with E-state index in [0.717, 1.165) is 55.4 Å². The van der Waals surface area contributed by atoms with Gasteiger partial charge in [-0.05, 0) is 111 Å². The molecule has 5 aliphatic rings. The number of alkyl halides is 1. The number of carbonyl (C=O) groups excluding carboxylic acids is 2. The van der Waals surface area contributed by atoms with Gasteiger partial charge in [-0.25, -0.2) is 4.39 Å². The number of allylic oxidation sites excluding steroid dienone is 1. The van der Waals surface area contributed by atoms with Crippen LogP contribution in [0.1, 0.15) is 105 Å². The summed E-state index contributed by atoms with van der Waals surface area (Å²) in [5, 5.41) is 3.14. The van der Waals surface area contributed by atoms with Crippen LogP contribution in [0.15, 0.2) is 36.4 Å². The number of para-hydroxylation sites is 1. The molecule has 6 heteroatoms. The molecule has 4 saturated carbocycles. The molecule has 1 aliphatic heterocycles. The highest BCUT2D eigenvalue weighted by Crippen LogP contribution is 2.80. The molecule has 248 valence electrons. The fourth-order valence-corrected chi connectivity index (χ4v) is 12.3. The van der Waals surface area contributed by atoms with Crippen molar-refractivity contribution >= 4 is 11.9 Å². The van der Waals surface area contributed by atoms with Gasteiger partial charge in [0.1, 0.15) is 11.9 Å². The molecule has 4 aliphatic carbocycles. The lowest BCUT2D eigenvalue weighted by Gasteiger charge is -2.73. The van der Waals surface area contributed by atoms with E-state index in [4.69, 9.17) is 9.47 Å². The number of amides is 1. The lowest BCUT2D eigenvalue weighted by Crippen LogP contribution is -2.75. The van der Waals surface area contributed by atoms with Crippen LogP contribution in [0.4, 0.5) is 4.39 Å². The molecule has 5 nitrogen and oxygen atoms in total. The first-order chi connectivity index (χ1) is 21.2. The summed E-state index contributed by atoms with van der Waals surface area (Å²) in [6, 6.07) is 7.90. The summed E-state index contributed by atoms with van der Waals surface area (Å²) in [4.78, 5) is 27.2.